The molecule has 1 amide bonds. The monoisotopic (exact) mass is 444 g/mol. The van der Waals surface area contributed by atoms with Crippen LogP contribution in [0.15, 0.2) is 62.2 Å². The Hall–Kier alpha value is -2.64. The Morgan fingerprint density at radius 3 is 2.68 bits per heavy atom. The Bertz CT molecular complexity index is 1060. The predicted octanol–water partition coefficient (Wildman–Crippen LogP) is 3.60. The summed E-state index contributed by atoms with van der Waals surface area (Å²) < 4.78 is 11.9. The van der Waals surface area contributed by atoms with Crippen LogP contribution in [0.25, 0.3) is 11.0 Å². The third-order valence-electron chi connectivity index (χ3n) is 4.49. The van der Waals surface area contributed by atoms with Crippen LogP contribution in [0, 0.1) is 0 Å². The van der Waals surface area contributed by atoms with E-state index in [2.05, 4.69) is 21.2 Å². The number of para-hydroxylation sites is 1. The molecule has 3 aromatic rings. The van der Waals surface area contributed by atoms with E-state index in [1.54, 1.807) is 25.3 Å². The van der Waals surface area contributed by atoms with Crippen molar-refractivity contribution in [3.8, 4) is 5.75 Å². The second-order valence-corrected chi connectivity index (χ2v) is 7.46. The number of hydrogen-bond donors (Lipinski definition) is 1. The molecule has 6 nitrogen and oxygen atoms in total. The predicted molar refractivity (Wildman–Crippen MR) is 112 cm³/mol. The van der Waals surface area contributed by atoms with E-state index < -0.39 is 5.91 Å². The normalized spacial score (nSPS) is 12.2. The van der Waals surface area contributed by atoms with Crippen molar-refractivity contribution in [2.45, 2.75) is 6.04 Å². The average Bonchev–Trinajstić information content (AvgIpc) is 2.67. The number of nitrogens with zero attached hydrogens (tertiary/aromatic N) is 1. The summed E-state index contributed by atoms with van der Waals surface area (Å²) in [5.41, 5.74) is 1.06. The molecule has 3 rings (SSSR count). The summed E-state index contributed by atoms with van der Waals surface area (Å²) in [5.74, 6) is 0.284. The smallest absolute Gasteiger partial charge is 0.287 e. The van der Waals surface area contributed by atoms with E-state index in [-0.39, 0.29) is 17.2 Å². The number of likely N-dealkylation sites (N-methyl/N-ethyl adjacent to an activating group) is 1. The number of nitrogens with one attached hydrogen (secondary N) is 1. The maximum Gasteiger partial charge on any atom is 0.287 e. The first-order valence-electron chi connectivity index (χ1n) is 8.71. The molecule has 0 spiro atoms. The molecular formula is C21H21BrN2O4. The van der Waals surface area contributed by atoms with Crippen LogP contribution in [-0.4, -0.2) is 38.6 Å². The minimum absolute atomic E-state index is 0.0202. The molecule has 7 heteroatoms. The molecule has 1 heterocycles. The lowest BCUT2D eigenvalue weighted by Crippen LogP contribution is -2.35. The highest BCUT2D eigenvalue weighted by Gasteiger charge is 2.20. The van der Waals surface area contributed by atoms with Gasteiger partial charge in [-0.05, 0) is 38.4 Å². The van der Waals surface area contributed by atoms with Crippen LogP contribution in [0.2, 0.25) is 0 Å². The van der Waals surface area contributed by atoms with Crippen molar-refractivity contribution < 1.29 is 13.9 Å². The van der Waals surface area contributed by atoms with Crippen molar-refractivity contribution in [2.24, 2.45) is 0 Å². The molecule has 0 aliphatic carbocycles. The van der Waals surface area contributed by atoms with E-state index in [0.717, 1.165) is 15.8 Å². The fourth-order valence-electron chi connectivity index (χ4n) is 3.03. The third kappa shape index (κ3) is 4.26. The highest BCUT2D eigenvalue weighted by Crippen LogP contribution is 2.27. The molecule has 28 heavy (non-hydrogen) atoms. The van der Waals surface area contributed by atoms with Crippen LogP contribution in [0.3, 0.4) is 0 Å². The molecule has 0 aliphatic heterocycles. The number of benzene rings is 2. The van der Waals surface area contributed by atoms with Crippen LogP contribution < -0.4 is 15.5 Å². The van der Waals surface area contributed by atoms with Crippen molar-refractivity contribution >= 4 is 32.8 Å². The molecule has 0 unspecified atom stereocenters. The van der Waals surface area contributed by atoms with E-state index in [9.17, 15) is 9.59 Å². The lowest BCUT2D eigenvalue weighted by Gasteiger charge is -2.26. The number of methoxy groups -OCH3 is 1. The Morgan fingerprint density at radius 2 is 1.96 bits per heavy atom. The zero-order valence-corrected chi connectivity index (χ0v) is 17.4. The Morgan fingerprint density at radius 1 is 1.21 bits per heavy atom. The molecule has 1 N–H and O–H groups in total. The Kier molecular flexibility index (Phi) is 6.16. The van der Waals surface area contributed by atoms with Crippen molar-refractivity contribution in [1.29, 1.82) is 0 Å². The van der Waals surface area contributed by atoms with Gasteiger partial charge in [0.05, 0.1) is 18.5 Å². The number of halogens is 1. The number of fused-ring (bicyclic) bond motifs is 1. The molecule has 0 fully saturated rings. The summed E-state index contributed by atoms with van der Waals surface area (Å²) in [6.07, 6.45) is 0. The third-order valence-corrected chi connectivity index (χ3v) is 4.99. The van der Waals surface area contributed by atoms with Gasteiger partial charge in [-0.3, -0.25) is 9.59 Å². The van der Waals surface area contributed by atoms with Crippen LogP contribution in [0.4, 0.5) is 0 Å². The van der Waals surface area contributed by atoms with Gasteiger partial charge in [0.15, 0.2) is 11.2 Å². The van der Waals surface area contributed by atoms with E-state index in [1.165, 1.54) is 6.07 Å². The summed E-state index contributed by atoms with van der Waals surface area (Å²) in [6.45, 7) is 0.326. The highest BCUT2D eigenvalue weighted by atomic mass is 79.9. The standard InChI is InChI=1S/C21H21BrN2O4/c1-24(2)16(14-6-4-5-7-18(14)27-3)12-23-21(26)20-11-17(25)15-9-8-13(22)10-19(15)28-20/h4-11,16H,12H2,1-3H3,(H,23,26)/t16-/m0/s1. The van der Waals surface area contributed by atoms with Gasteiger partial charge in [-0.15, -0.1) is 0 Å². The van der Waals surface area contributed by atoms with Gasteiger partial charge in [-0.1, -0.05) is 34.1 Å². The van der Waals surface area contributed by atoms with Gasteiger partial charge < -0.3 is 19.4 Å². The number of ether oxygens (including phenoxy) is 1. The quantitative estimate of drug-likeness (QED) is 0.628. The largest absolute Gasteiger partial charge is 0.496 e. The van der Waals surface area contributed by atoms with Crippen LogP contribution in [0.5, 0.6) is 5.75 Å². The van der Waals surface area contributed by atoms with Gasteiger partial charge in [-0.25, -0.2) is 0 Å². The number of rotatable bonds is 6. The summed E-state index contributed by atoms with van der Waals surface area (Å²) in [4.78, 5) is 26.9. The minimum atomic E-state index is -0.444. The van der Waals surface area contributed by atoms with E-state index in [0.29, 0.717) is 17.5 Å². The highest BCUT2D eigenvalue weighted by molar-refractivity contribution is 9.10. The number of hydrogen-bond acceptors (Lipinski definition) is 5. The first kappa shape index (κ1) is 20.1. The van der Waals surface area contributed by atoms with E-state index >= 15 is 0 Å². The summed E-state index contributed by atoms with van der Waals surface area (Å²) >= 11 is 3.34. The fraction of sp³-hybridized carbons (Fsp3) is 0.238. The molecule has 0 saturated heterocycles. The molecule has 1 aromatic heterocycles. The first-order chi connectivity index (χ1) is 13.4. The minimum Gasteiger partial charge on any atom is -0.496 e. The molecule has 0 radical (unpaired) electrons. The zero-order chi connectivity index (χ0) is 20.3. The van der Waals surface area contributed by atoms with Crippen molar-refractivity contribution in [1.82, 2.24) is 10.2 Å². The van der Waals surface area contributed by atoms with Gasteiger partial charge in [-0.2, -0.15) is 0 Å². The summed E-state index contributed by atoms with van der Waals surface area (Å²) in [7, 11) is 5.47. The maximum absolute atomic E-state index is 12.6. The first-order valence-corrected chi connectivity index (χ1v) is 9.51. The van der Waals surface area contributed by atoms with E-state index in [4.69, 9.17) is 9.15 Å². The Labute approximate surface area is 171 Å². The lowest BCUT2D eigenvalue weighted by atomic mass is 10.0. The summed E-state index contributed by atoms with van der Waals surface area (Å²) in [5, 5.41) is 3.29. The molecular weight excluding hydrogens is 424 g/mol. The van der Waals surface area contributed by atoms with Gasteiger partial charge in [0, 0.05) is 22.6 Å². The number of carbonyl (C=O) groups excluding carboxylic acids is 1. The number of carbonyl (C=O) groups is 1. The molecule has 2 aromatic carbocycles. The summed E-state index contributed by atoms with van der Waals surface area (Å²) in [6, 6.07) is 13.9. The number of amides is 1. The molecule has 1 atom stereocenters. The van der Waals surface area contributed by atoms with Gasteiger partial charge in [0.25, 0.3) is 5.91 Å². The lowest BCUT2D eigenvalue weighted by molar-refractivity contribution is 0.0914. The topological polar surface area (TPSA) is 71.8 Å². The van der Waals surface area contributed by atoms with E-state index in [1.807, 2.05) is 43.3 Å². The molecule has 0 saturated carbocycles. The fourth-order valence-corrected chi connectivity index (χ4v) is 3.37. The Balaban J connectivity index is 1.84. The van der Waals surface area contributed by atoms with Gasteiger partial charge in [0.1, 0.15) is 11.3 Å². The maximum atomic E-state index is 12.6. The SMILES string of the molecule is COc1ccccc1[C@H](CNC(=O)c1cc(=O)c2ccc(Br)cc2o1)N(C)C. The zero-order valence-electron chi connectivity index (χ0n) is 15.9. The molecule has 0 bridgehead atoms. The van der Waals surface area contributed by atoms with Gasteiger partial charge >= 0.3 is 0 Å². The second-order valence-electron chi connectivity index (χ2n) is 6.55. The van der Waals surface area contributed by atoms with Crippen LogP contribution >= 0.6 is 15.9 Å². The van der Waals surface area contributed by atoms with Crippen LogP contribution in [0.1, 0.15) is 22.2 Å². The second kappa shape index (κ2) is 8.58. The molecule has 146 valence electrons. The molecule has 0 aliphatic rings. The average molecular weight is 445 g/mol. The van der Waals surface area contributed by atoms with Gasteiger partial charge in [0.2, 0.25) is 0 Å². The van der Waals surface area contributed by atoms with Crippen molar-refractivity contribution in [3.05, 3.63) is 74.6 Å². The van der Waals surface area contributed by atoms with Crippen molar-refractivity contribution in [2.75, 3.05) is 27.7 Å². The van der Waals surface area contributed by atoms with Crippen molar-refractivity contribution in [3.63, 3.8) is 0 Å². The van der Waals surface area contributed by atoms with Crippen LogP contribution in [-0.2, 0) is 0 Å².